The molecule has 2 aromatic carbocycles. The van der Waals surface area contributed by atoms with E-state index < -0.39 is 0 Å². The van der Waals surface area contributed by atoms with Crippen LogP contribution in [-0.4, -0.2) is 6.17 Å². The van der Waals surface area contributed by atoms with E-state index in [1.54, 1.807) is 0 Å². The third-order valence-electron chi connectivity index (χ3n) is 7.19. The first-order chi connectivity index (χ1) is 16.4. The number of nitrogens with one attached hydrogen (secondary N) is 1. The van der Waals surface area contributed by atoms with Gasteiger partial charge in [0, 0.05) is 6.54 Å². The second kappa shape index (κ2) is 15.8. The Bertz CT molecular complexity index is 742. The molecule has 0 fully saturated rings. The maximum absolute atomic E-state index is 3.78. The zero-order chi connectivity index (χ0) is 23.0. The Kier molecular flexibility index (Phi) is 12.3. The van der Waals surface area contributed by atoms with Gasteiger partial charge in [-0.25, -0.2) is 0 Å². The summed E-state index contributed by atoms with van der Waals surface area (Å²) in [5.41, 5.74) is 4.03. The Balaban J connectivity index is 1.23. The molecule has 2 heteroatoms. The molecule has 0 spiro atoms. The molecular weight excluding hydrogens is 400 g/mol. The Hall–Kier alpha value is -1.96. The predicted molar refractivity (Wildman–Crippen MR) is 146 cm³/mol. The van der Waals surface area contributed by atoms with E-state index in [1.807, 2.05) is 0 Å². The summed E-state index contributed by atoms with van der Waals surface area (Å²) in [5.74, 6) is 0. The highest BCUT2D eigenvalue weighted by atomic mass is 15.3. The van der Waals surface area contributed by atoms with E-state index in [0.29, 0.717) is 6.17 Å². The number of unbranched alkanes of at least 4 members (excludes halogenated alkanes) is 14. The summed E-state index contributed by atoms with van der Waals surface area (Å²) < 4.78 is 0. The van der Waals surface area contributed by atoms with Crippen LogP contribution >= 0.6 is 0 Å². The minimum Gasteiger partial charge on any atom is -0.363 e. The lowest BCUT2D eigenvalue weighted by molar-refractivity contribution is 0.517. The van der Waals surface area contributed by atoms with E-state index >= 15 is 0 Å². The van der Waals surface area contributed by atoms with Gasteiger partial charge in [0.1, 0.15) is 0 Å². The number of rotatable bonds is 18. The van der Waals surface area contributed by atoms with Crippen LogP contribution in [0.1, 0.15) is 115 Å². The second-order valence-corrected chi connectivity index (χ2v) is 10.0. The fraction of sp³-hybridized carbons (Fsp3) is 0.613. The van der Waals surface area contributed by atoms with Crippen LogP contribution in [0.3, 0.4) is 0 Å². The third kappa shape index (κ3) is 9.43. The summed E-state index contributed by atoms with van der Waals surface area (Å²) >= 11 is 0. The highest BCUT2D eigenvalue weighted by molar-refractivity contribution is 5.75. The van der Waals surface area contributed by atoms with Crippen molar-refractivity contribution in [3.63, 3.8) is 0 Å². The van der Waals surface area contributed by atoms with Gasteiger partial charge in [0.2, 0.25) is 0 Å². The van der Waals surface area contributed by atoms with Crippen LogP contribution in [0.15, 0.2) is 54.6 Å². The summed E-state index contributed by atoms with van der Waals surface area (Å²) in [6, 6.07) is 19.7. The van der Waals surface area contributed by atoms with Gasteiger partial charge in [0.05, 0.1) is 17.5 Å². The molecule has 0 aliphatic carbocycles. The second-order valence-electron chi connectivity index (χ2n) is 10.0. The van der Waals surface area contributed by atoms with E-state index in [2.05, 4.69) is 71.7 Å². The largest absolute Gasteiger partial charge is 0.363 e. The zero-order valence-electron chi connectivity index (χ0n) is 21.2. The highest BCUT2D eigenvalue weighted by Crippen LogP contribution is 2.37. The fourth-order valence-corrected chi connectivity index (χ4v) is 5.18. The molecular formula is C31H48N2. The number of fused-ring (bicyclic) bond motifs is 1. The molecule has 1 heterocycles. The Morgan fingerprint density at radius 3 is 1.73 bits per heavy atom. The molecule has 0 radical (unpaired) electrons. The molecule has 0 saturated heterocycles. The lowest BCUT2D eigenvalue weighted by atomic mass is 10.0. The number of hydrogen-bond donors (Lipinski definition) is 1. The molecule has 0 unspecified atom stereocenters. The minimum atomic E-state index is 0.421. The predicted octanol–water partition coefficient (Wildman–Crippen LogP) is 9.71. The van der Waals surface area contributed by atoms with E-state index in [1.165, 1.54) is 120 Å². The van der Waals surface area contributed by atoms with Gasteiger partial charge in [-0.15, -0.1) is 0 Å². The van der Waals surface area contributed by atoms with Crippen LogP contribution in [0, 0.1) is 0 Å². The Morgan fingerprint density at radius 2 is 1.12 bits per heavy atom. The molecule has 1 aliphatic heterocycles. The van der Waals surface area contributed by atoms with Crippen molar-refractivity contribution in [1.29, 1.82) is 0 Å². The molecule has 2 aromatic rings. The number of benzene rings is 2. The highest BCUT2D eigenvalue weighted by Gasteiger charge is 2.27. The number of nitrogens with zero attached hydrogens (tertiary/aromatic N) is 1. The standard InChI is InChI=1S/C31H48N2/c1-2-3-4-5-6-7-8-9-10-11-12-13-14-15-19-26-31-32-29-24-20-21-25-30(29)33(31)27-28-22-17-16-18-23-28/h16-18,20-25,31-32H,2-15,19,26-27H2,1H3/t31-/m1/s1. The zero-order valence-corrected chi connectivity index (χ0v) is 21.2. The SMILES string of the molecule is CCCCCCCCCCCCCCCCC[C@@H]1Nc2ccccc2N1Cc1ccccc1. The van der Waals surface area contributed by atoms with Crippen molar-refractivity contribution in [3.05, 3.63) is 60.2 Å². The molecule has 2 nitrogen and oxygen atoms in total. The van der Waals surface area contributed by atoms with Crippen molar-refractivity contribution < 1.29 is 0 Å². The Labute approximate surface area is 204 Å². The van der Waals surface area contributed by atoms with Crippen molar-refractivity contribution in [2.24, 2.45) is 0 Å². The third-order valence-corrected chi connectivity index (χ3v) is 7.19. The first-order valence-corrected chi connectivity index (χ1v) is 14.0. The van der Waals surface area contributed by atoms with E-state index in [4.69, 9.17) is 0 Å². The van der Waals surface area contributed by atoms with Crippen molar-refractivity contribution in [2.45, 2.75) is 122 Å². The molecule has 33 heavy (non-hydrogen) atoms. The monoisotopic (exact) mass is 448 g/mol. The summed E-state index contributed by atoms with van der Waals surface area (Å²) in [6.07, 6.45) is 23.0. The normalized spacial score (nSPS) is 14.9. The Morgan fingerprint density at radius 1 is 0.606 bits per heavy atom. The lowest BCUT2D eigenvalue weighted by Gasteiger charge is -2.27. The van der Waals surface area contributed by atoms with Crippen molar-refractivity contribution >= 4 is 11.4 Å². The first kappa shape index (κ1) is 25.7. The van der Waals surface area contributed by atoms with Gasteiger partial charge in [-0.05, 0) is 30.5 Å². The van der Waals surface area contributed by atoms with Crippen LogP contribution in [0.5, 0.6) is 0 Å². The quantitative estimate of drug-likeness (QED) is 0.228. The van der Waals surface area contributed by atoms with Crippen molar-refractivity contribution in [2.75, 3.05) is 10.2 Å². The van der Waals surface area contributed by atoms with E-state index in [0.717, 1.165) is 6.54 Å². The minimum absolute atomic E-state index is 0.421. The average Bonchev–Trinajstić information content (AvgIpc) is 3.19. The molecule has 0 amide bonds. The maximum atomic E-state index is 3.78. The van der Waals surface area contributed by atoms with E-state index in [9.17, 15) is 0 Å². The average molecular weight is 449 g/mol. The van der Waals surface area contributed by atoms with Gasteiger partial charge < -0.3 is 10.2 Å². The van der Waals surface area contributed by atoms with E-state index in [-0.39, 0.29) is 0 Å². The fourth-order valence-electron chi connectivity index (χ4n) is 5.18. The molecule has 0 aromatic heterocycles. The summed E-state index contributed by atoms with van der Waals surface area (Å²) in [4.78, 5) is 2.56. The van der Waals surface area contributed by atoms with Crippen LogP contribution in [0.2, 0.25) is 0 Å². The van der Waals surface area contributed by atoms with Crippen molar-refractivity contribution in [3.8, 4) is 0 Å². The smallest absolute Gasteiger partial charge is 0.0994 e. The lowest BCUT2D eigenvalue weighted by Crippen LogP contribution is -2.35. The molecule has 182 valence electrons. The molecule has 1 N–H and O–H groups in total. The van der Waals surface area contributed by atoms with Gasteiger partial charge in [-0.2, -0.15) is 0 Å². The van der Waals surface area contributed by atoms with Crippen LogP contribution in [0.25, 0.3) is 0 Å². The first-order valence-electron chi connectivity index (χ1n) is 14.0. The van der Waals surface area contributed by atoms with Gasteiger partial charge >= 0.3 is 0 Å². The summed E-state index contributed by atoms with van der Waals surface area (Å²) in [6.45, 7) is 3.28. The van der Waals surface area contributed by atoms with Crippen LogP contribution < -0.4 is 10.2 Å². The topological polar surface area (TPSA) is 15.3 Å². The maximum Gasteiger partial charge on any atom is 0.0994 e. The van der Waals surface area contributed by atoms with Crippen LogP contribution in [-0.2, 0) is 6.54 Å². The molecule has 0 bridgehead atoms. The van der Waals surface area contributed by atoms with Crippen molar-refractivity contribution in [1.82, 2.24) is 0 Å². The molecule has 1 aliphatic rings. The number of para-hydroxylation sites is 2. The van der Waals surface area contributed by atoms with Gasteiger partial charge in [-0.1, -0.05) is 139 Å². The van der Waals surface area contributed by atoms with Gasteiger partial charge in [0.15, 0.2) is 0 Å². The molecule has 3 rings (SSSR count). The van der Waals surface area contributed by atoms with Gasteiger partial charge in [0.25, 0.3) is 0 Å². The molecule has 1 atom stereocenters. The number of anilines is 2. The summed E-state index contributed by atoms with van der Waals surface area (Å²) in [7, 11) is 0. The van der Waals surface area contributed by atoms with Gasteiger partial charge in [-0.3, -0.25) is 0 Å². The number of hydrogen-bond acceptors (Lipinski definition) is 2. The van der Waals surface area contributed by atoms with Crippen LogP contribution in [0.4, 0.5) is 11.4 Å². The molecule has 0 saturated carbocycles. The summed E-state index contributed by atoms with van der Waals surface area (Å²) in [5, 5.41) is 3.78.